The standard InChI is InChI=1S/C9H12.C3H8/c1-3-9-6-4-5-8(2)7-9;1-3-2/h4-7H,3H2,1-2H3;3H2,1-2H3. The summed E-state index contributed by atoms with van der Waals surface area (Å²) in [6.07, 6.45) is 2.39. The molecule has 0 heteroatoms. The molecule has 1 aromatic carbocycles. The maximum Gasteiger partial charge on any atom is -0.0307 e. The fourth-order valence-corrected chi connectivity index (χ4v) is 0.932. The van der Waals surface area contributed by atoms with Crippen molar-refractivity contribution in [2.45, 2.75) is 40.5 Å². The molecule has 0 fully saturated rings. The van der Waals surface area contributed by atoms with Crippen LogP contribution in [0.25, 0.3) is 0 Å². The minimum atomic E-state index is 1.14. The number of hydrogen-bond donors (Lipinski definition) is 0. The molecule has 68 valence electrons. The summed E-state index contributed by atoms with van der Waals surface area (Å²) >= 11 is 0. The lowest BCUT2D eigenvalue weighted by Crippen LogP contribution is -1.78. The Morgan fingerprint density at radius 2 is 1.67 bits per heavy atom. The molecule has 0 unspecified atom stereocenters. The lowest BCUT2D eigenvalue weighted by Gasteiger charge is -1.95. The Bertz CT molecular complexity index is 201. The van der Waals surface area contributed by atoms with Gasteiger partial charge in [0.05, 0.1) is 0 Å². The highest BCUT2D eigenvalue weighted by Crippen LogP contribution is 2.03. The minimum Gasteiger partial charge on any atom is -0.0656 e. The lowest BCUT2D eigenvalue weighted by molar-refractivity contribution is 1.09. The average molecular weight is 164 g/mol. The van der Waals surface area contributed by atoms with Crippen molar-refractivity contribution in [1.82, 2.24) is 0 Å². The van der Waals surface area contributed by atoms with E-state index >= 15 is 0 Å². The highest BCUT2D eigenvalue weighted by atomic mass is 13.9. The number of hydrogen-bond acceptors (Lipinski definition) is 0. The molecule has 1 aromatic rings. The fourth-order valence-electron chi connectivity index (χ4n) is 0.932. The molecule has 0 heterocycles. The summed E-state index contributed by atoms with van der Waals surface area (Å²) < 4.78 is 0. The van der Waals surface area contributed by atoms with Crippen LogP contribution in [0.2, 0.25) is 0 Å². The fraction of sp³-hybridized carbons (Fsp3) is 0.500. The molecule has 0 saturated heterocycles. The third-order valence-corrected chi connectivity index (χ3v) is 1.49. The monoisotopic (exact) mass is 164 g/mol. The van der Waals surface area contributed by atoms with Crippen molar-refractivity contribution in [2.75, 3.05) is 0 Å². The first kappa shape index (κ1) is 11.2. The van der Waals surface area contributed by atoms with Crippen LogP contribution in [0.4, 0.5) is 0 Å². The molecule has 0 radical (unpaired) electrons. The summed E-state index contributed by atoms with van der Waals surface area (Å²) in [6, 6.07) is 8.61. The molecule has 0 aliphatic rings. The van der Waals surface area contributed by atoms with Crippen LogP contribution in [-0.4, -0.2) is 0 Å². The quantitative estimate of drug-likeness (QED) is 0.589. The van der Waals surface area contributed by atoms with Crippen molar-refractivity contribution >= 4 is 0 Å². The van der Waals surface area contributed by atoms with Gasteiger partial charge in [0, 0.05) is 0 Å². The molecule has 0 aliphatic carbocycles. The van der Waals surface area contributed by atoms with Crippen molar-refractivity contribution in [1.29, 1.82) is 0 Å². The Morgan fingerprint density at radius 3 is 2.00 bits per heavy atom. The van der Waals surface area contributed by atoms with Crippen molar-refractivity contribution in [2.24, 2.45) is 0 Å². The lowest BCUT2D eigenvalue weighted by atomic mass is 10.1. The SMILES string of the molecule is CCC.CCc1cccc(C)c1. The van der Waals surface area contributed by atoms with Gasteiger partial charge in [0.1, 0.15) is 0 Å². The van der Waals surface area contributed by atoms with E-state index in [1.165, 1.54) is 17.5 Å². The first-order chi connectivity index (χ1) is 5.74. The number of aryl methyl sites for hydroxylation is 2. The number of benzene rings is 1. The Kier molecular flexibility index (Phi) is 6.45. The summed E-state index contributed by atoms with van der Waals surface area (Å²) in [5.41, 5.74) is 2.78. The Hall–Kier alpha value is -0.780. The molecule has 0 amide bonds. The highest BCUT2D eigenvalue weighted by Gasteiger charge is 1.85. The molecule has 0 N–H and O–H groups in total. The van der Waals surface area contributed by atoms with Crippen molar-refractivity contribution in [3.63, 3.8) is 0 Å². The first-order valence-electron chi connectivity index (χ1n) is 4.80. The average Bonchev–Trinajstić information content (AvgIpc) is 2.06. The first-order valence-corrected chi connectivity index (χ1v) is 4.80. The number of rotatable bonds is 1. The van der Waals surface area contributed by atoms with Crippen LogP contribution in [-0.2, 0) is 6.42 Å². The van der Waals surface area contributed by atoms with E-state index < -0.39 is 0 Å². The molecule has 0 atom stereocenters. The zero-order valence-electron chi connectivity index (χ0n) is 8.72. The summed E-state index contributed by atoms with van der Waals surface area (Å²) in [5.74, 6) is 0. The van der Waals surface area contributed by atoms with E-state index in [1.54, 1.807) is 0 Å². The van der Waals surface area contributed by atoms with Gasteiger partial charge in [-0.2, -0.15) is 0 Å². The van der Waals surface area contributed by atoms with Crippen LogP contribution >= 0.6 is 0 Å². The van der Waals surface area contributed by atoms with Crippen LogP contribution in [0.5, 0.6) is 0 Å². The minimum absolute atomic E-state index is 1.14. The molecule has 1 rings (SSSR count). The van der Waals surface area contributed by atoms with Crippen molar-refractivity contribution < 1.29 is 0 Å². The van der Waals surface area contributed by atoms with Gasteiger partial charge in [0.15, 0.2) is 0 Å². The van der Waals surface area contributed by atoms with Crippen molar-refractivity contribution in [3.8, 4) is 0 Å². The van der Waals surface area contributed by atoms with E-state index in [4.69, 9.17) is 0 Å². The largest absolute Gasteiger partial charge is 0.0656 e. The van der Waals surface area contributed by atoms with Crippen LogP contribution in [0.15, 0.2) is 24.3 Å². The van der Waals surface area contributed by atoms with E-state index in [2.05, 4.69) is 52.0 Å². The van der Waals surface area contributed by atoms with Crippen LogP contribution in [0.1, 0.15) is 38.3 Å². The van der Waals surface area contributed by atoms with Gasteiger partial charge in [-0.25, -0.2) is 0 Å². The molecule has 0 aromatic heterocycles. The van der Waals surface area contributed by atoms with Gasteiger partial charge in [-0.3, -0.25) is 0 Å². The van der Waals surface area contributed by atoms with E-state index in [0.717, 1.165) is 6.42 Å². The van der Waals surface area contributed by atoms with Crippen molar-refractivity contribution in [3.05, 3.63) is 35.4 Å². The second-order valence-corrected chi connectivity index (χ2v) is 3.05. The summed E-state index contributed by atoms with van der Waals surface area (Å²) in [5, 5.41) is 0. The van der Waals surface area contributed by atoms with Crippen LogP contribution < -0.4 is 0 Å². The summed E-state index contributed by atoms with van der Waals surface area (Å²) in [4.78, 5) is 0. The third kappa shape index (κ3) is 4.95. The molecule has 0 nitrogen and oxygen atoms in total. The van der Waals surface area contributed by atoms with Gasteiger partial charge in [-0.15, -0.1) is 0 Å². The molecular formula is C12H20. The van der Waals surface area contributed by atoms with E-state index in [1.807, 2.05) is 0 Å². The van der Waals surface area contributed by atoms with Crippen LogP contribution in [0, 0.1) is 6.92 Å². The highest BCUT2D eigenvalue weighted by molar-refractivity contribution is 5.21. The molecule has 12 heavy (non-hydrogen) atoms. The topological polar surface area (TPSA) is 0 Å². The molecule has 0 saturated carbocycles. The van der Waals surface area contributed by atoms with E-state index in [0.29, 0.717) is 0 Å². The Labute approximate surface area is 76.6 Å². The zero-order valence-corrected chi connectivity index (χ0v) is 8.72. The van der Waals surface area contributed by atoms with Gasteiger partial charge in [0.25, 0.3) is 0 Å². The predicted octanol–water partition coefficient (Wildman–Crippen LogP) is 3.97. The third-order valence-electron chi connectivity index (χ3n) is 1.49. The Balaban J connectivity index is 0.000000354. The maximum atomic E-state index is 2.22. The van der Waals surface area contributed by atoms with E-state index in [9.17, 15) is 0 Å². The van der Waals surface area contributed by atoms with Gasteiger partial charge in [-0.1, -0.05) is 57.0 Å². The molecule has 0 aliphatic heterocycles. The zero-order chi connectivity index (χ0) is 9.40. The van der Waals surface area contributed by atoms with E-state index in [-0.39, 0.29) is 0 Å². The summed E-state index contributed by atoms with van der Waals surface area (Å²) in [7, 11) is 0. The summed E-state index contributed by atoms with van der Waals surface area (Å²) in [6.45, 7) is 8.55. The second kappa shape index (κ2) is 6.90. The second-order valence-electron chi connectivity index (χ2n) is 3.05. The van der Waals surface area contributed by atoms with Gasteiger partial charge in [0.2, 0.25) is 0 Å². The van der Waals surface area contributed by atoms with Gasteiger partial charge >= 0.3 is 0 Å². The maximum absolute atomic E-state index is 2.22. The normalized spacial score (nSPS) is 8.67. The van der Waals surface area contributed by atoms with Gasteiger partial charge < -0.3 is 0 Å². The molecule has 0 bridgehead atoms. The van der Waals surface area contributed by atoms with Gasteiger partial charge in [-0.05, 0) is 18.9 Å². The predicted molar refractivity (Wildman–Crippen MR) is 56.5 cm³/mol. The molecular weight excluding hydrogens is 144 g/mol. The molecule has 0 spiro atoms. The Morgan fingerprint density at radius 1 is 1.08 bits per heavy atom. The van der Waals surface area contributed by atoms with Crippen LogP contribution in [0.3, 0.4) is 0 Å². The smallest absolute Gasteiger partial charge is 0.0307 e.